The number of nitrogens with zero attached hydrogens (tertiary/aromatic N) is 2. The zero-order chi connectivity index (χ0) is 23.8. The van der Waals surface area contributed by atoms with Crippen LogP contribution in [0.5, 0.6) is 17.2 Å². The van der Waals surface area contributed by atoms with Crippen LogP contribution in [0.15, 0.2) is 36.4 Å². The summed E-state index contributed by atoms with van der Waals surface area (Å²) < 4.78 is 29.0. The quantitative estimate of drug-likeness (QED) is 0.621. The number of ether oxygens (including phenoxy) is 3. The van der Waals surface area contributed by atoms with E-state index in [1.54, 1.807) is 24.3 Å². The Hall–Kier alpha value is -3.33. The zero-order valence-electron chi connectivity index (χ0n) is 19.2. The highest BCUT2D eigenvalue weighted by Crippen LogP contribution is 2.39. The molecule has 33 heavy (non-hydrogen) atoms. The molecule has 178 valence electrons. The lowest BCUT2D eigenvalue weighted by molar-refractivity contribution is -0.132. The standard InChI is InChI=1S/C24H30FN3O5/c1-31-20-15-19(16-21(32-2)24(20)33-3)26-22(29)8-9-27-10-12-28(13-11-27)23(30)14-17-4-6-18(25)7-5-17/h4-7,15-16H,8-14H2,1-3H3,(H,26,29). The summed E-state index contributed by atoms with van der Waals surface area (Å²) in [6.07, 6.45) is 0.581. The van der Waals surface area contributed by atoms with Gasteiger partial charge in [0.15, 0.2) is 11.5 Å². The number of piperazine rings is 1. The summed E-state index contributed by atoms with van der Waals surface area (Å²) in [7, 11) is 4.56. The largest absolute Gasteiger partial charge is 0.493 e. The third-order valence-corrected chi connectivity index (χ3v) is 5.60. The van der Waals surface area contributed by atoms with Gasteiger partial charge in [0.1, 0.15) is 5.82 Å². The molecule has 1 heterocycles. The summed E-state index contributed by atoms with van der Waals surface area (Å²) >= 11 is 0. The molecule has 1 saturated heterocycles. The van der Waals surface area contributed by atoms with Gasteiger partial charge in [-0.15, -0.1) is 0 Å². The van der Waals surface area contributed by atoms with Crippen molar-refractivity contribution in [2.75, 3.05) is 59.4 Å². The molecule has 0 bridgehead atoms. The number of carbonyl (C=O) groups is 2. The van der Waals surface area contributed by atoms with Crippen molar-refractivity contribution in [3.05, 3.63) is 47.8 Å². The van der Waals surface area contributed by atoms with Crippen LogP contribution in [-0.4, -0.2) is 75.7 Å². The molecule has 3 rings (SSSR count). The highest BCUT2D eigenvalue weighted by atomic mass is 19.1. The van der Waals surface area contributed by atoms with E-state index in [9.17, 15) is 14.0 Å². The lowest BCUT2D eigenvalue weighted by atomic mass is 10.1. The van der Waals surface area contributed by atoms with Gasteiger partial charge >= 0.3 is 0 Å². The van der Waals surface area contributed by atoms with E-state index in [-0.39, 0.29) is 24.1 Å². The Balaban J connectivity index is 1.44. The SMILES string of the molecule is COc1cc(NC(=O)CCN2CCN(C(=O)Cc3ccc(F)cc3)CC2)cc(OC)c1OC. The first-order valence-electron chi connectivity index (χ1n) is 10.8. The van der Waals surface area contributed by atoms with Gasteiger partial charge < -0.3 is 24.4 Å². The maximum atomic E-state index is 13.0. The minimum Gasteiger partial charge on any atom is -0.493 e. The molecule has 0 unspecified atom stereocenters. The summed E-state index contributed by atoms with van der Waals surface area (Å²) in [4.78, 5) is 28.9. The molecule has 0 spiro atoms. The summed E-state index contributed by atoms with van der Waals surface area (Å²) in [5.74, 6) is 0.988. The fourth-order valence-corrected chi connectivity index (χ4v) is 3.75. The van der Waals surface area contributed by atoms with E-state index in [4.69, 9.17) is 14.2 Å². The summed E-state index contributed by atoms with van der Waals surface area (Å²) in [6.45, 7) is 3.21. The predicted molar refractivity (Wildman–Crippen MR) is 122 cm³/mol. The molecule has 2 amide bonds. The fourth-order valence-electron chi connectivity index (χ4n) is 3.75. The van der Waals surface area contributed by atoms with Gasteiger partial charge in [-0.05, 0) is 17.7 Å². The van der Waals surface area contributed by atoms with E-state index >= 15 is 0 Å². The van der Waals surface area contributed by atoms with Gasteiger partial charge in [0.2, 0.25) is 17.6 Å². The minimum atomic E-state index is -0.311. The second-order valence-corrected chi connectivity index (χ2v) is 7.74. The van der Waals surface area contributed by atoms with Gasteiger partial charge in [-0.1, -0.05) is 12.1 Å². The first-order chi connectivity index (χ1) is 15.9. The summed E-state index contributed by atoms with van der Waals surface area (Å²) in [5.41, 5.74) is 1.36. The van der Waals surface area contributed by atoms with Crippen LogP contribution < -0.4 is 19.5 Å². The van der Waals surface area contributed by atoms with E-state index in [1.807, 2.05) is 4.90 Å². The molecule has 1 fully saturated rings. The molecule has 2 aromatic carbocycles. The van der Waals surface area contributed by atoms with Crippen LogP contribution in [0.4, 0.5) is 10.1 Å². The van der Waals surface area contributed by atoms with Gasteiger partial charge in [-0.25, -0.2) is 4.39 Å². The average Bonchev–Trinajstić information content (AvgIpc) is 2.83. The van der Waals surface area contributed by atoms with Crippen molar-refractivity contribution in [1.29, 1.82) is 0 Å². The lowest BCUT2D eigenvalue weighted by Crippen LogP contribution is -2.49. The Bertz CT molecular complexity index is 934. The Kier molecular flexibility index (Phi) is 8.48. The maximum Gasteiger partial charge on any atom is 0.227 e. The van der Waals surface area contributed by atoms with E-state index in [2.05, 4.69) is 10.2 Å². The highest BCUT2D eigenvalue weighted by molar-refractivity contribution is 5.91. The highest BCUT2D eigenvalue weighted by Gasteiger charge is 2.22. The smallest absolute Gasteiger partial charge is 0.227 e. The second-order valence-electron chi connectivity index (χ2n) is 7.74. The second kappa shape index (κ2) is 11.5. The number of methoxy groups -OCH3 is 3. The number of rotatable bonds is 9. The first-order valence-corrected chi connectivity index (χ1v) is 10.8. The number of amides is 2. The summed E-state index contributed by atoms with van der Waals surface area (Å²) in [5, 5.41) is 2.87. The molecule has 2 aromatic rings. The van der Waals surface area contributed by atoms with Crippen molar-refractivity contribution in [1.82, 2.24) is 9.80 Å². The first kappa shape index (κ1) is 24.3. The number of nitrogens with one attached hydrogen (secondary N) is 1. The number of hydrogen-bond acceptors (Lipinski definition) is 6. The molecule has 0 aromatic heterocycles. The van der Waals surface area contributed by atoms with Gasteiger partial charge in [-0.2, -0.15) is 0 Å². The molecule has 1 aliphatic rings. The third-order valence-electron chi connectivity index (χ3n) is 5.60. The molecule has 1 aliphatic heterocycles. The van der Waals surface area contributed by atoms with Crippen molar-refractivity contribution in [3.63, 3.8) is 0 Å². The molecular weight excluding hydrogens is 429 g/mol. The topological polar surface area (TPSA) is 80.3 Å². The zero-order valence-corrected chi connectivity index (χ0v) is 19.2. The van der Waals surface area contributed by atoms with Crippen LogP contribution in [0, 0.1) is 5.82 Å². The molecule has 8 nitrogen and oxygen atoms in total. The molecular formula is C24H30FN3O5. The molecule has 9 heteroatoms. The maximum absolute atomic E-state index is 13.0. The van der Waals surface area contributed by atoms with Gasteiger partial charge in [0.25, 0.3) is 0 Å². The number of benzene rings is 2. The monoisotopic (exact) mass is 459 g/mol. The Morgan fingerprint density at radius 2 is 1.55 bits per heavy atom. The number of halogens is 1. The van der Waals surface area contributed by atoms with Gasteiger partial charge in [0.05, 0.1) is 27.8 Å². The Morgan fingerprint density at radius 3 is 2.09 bits per heavy atom. The van der Waals surface area contributed by atoms with Crippen LogP contribution in [0.2, 0.25) is 0 Å². The van der Waals surface area contributed by atoms with Crippen molar-refractivity contribution in [2.45, 2.75) is 12.8 Å². The van der Waals surface area contributed by atoms with Crippen molar-refractivity contribution < 1.29 is 28.2 Å². The van der Waals surface area contributed by atoms with E-state index in [1.165, 1.54) is 33.5 Å². The van der Waals surface area contributed by atoms with Crippen molar-refractivity contribution in [3.8, 4) is 17.2 Å². The van der Waals surface area contributed by atoms with Crippen LogP contribution in [0.3, 0.4) is 0 Å². The predicted octanol–water partition coefficient (Wildman–Crippen LogP) is 2.57. The van der Waals surface area contributed by atoms with E-state index in [0.29, 0.717) is 62.1 Å². The average molecular weight is 460 g/mol. The number of carbonyl (C=O) groups excluding carboxylic acids is 2. The van der Waals surface area contributed by atoms with Crippen LogP contribution in [0.1, 0.15) is 12.0 Å². The van der Waals surface area contributed by atoms with Crippen molar-refractivity contribution >= 4 is 17.5 Å². The number of hydrogen-bond donors (Lipinski definition) is 1. The number of anilines is 1. The molecule has 0 saturated carbocycles. The normalized spacial score (nSPS) is 14.0. The van der Waals surface area contributed by atoms with Gasteiger partial charge in [-0.3, -0.25) is 14.5 Å². The van der Waals surface area contributed by atoms with Crippen molar-refractivity contribution in [2.24, 2.45) is 0 Å². The fraction of sp³-hybridized carbons (Fsp3) is 0.417. The Labute approximate surface area is 193 Å². The molecule has 0 atom stereocenters. The minimum absolute atomic E-state index is 0.0291. The van der Waals surface area contributed by atoms with Crippen LogP contribution >= 0.6 is 0 Å². The molecule has 0 radical (unpaired) electrons. The lowest BCUT2D eigenvalue weighted by Gasteiger charge is -2.34. The Morgan fingerprint density at radius 1 is 0.939 bits per heavy atom. The summed E-state index contributed by atoms with van der Waals surface area (Å²) in [6, 6.07) is 9.37. The molecule has 0 aliphatic carbocycles. The van der Waals surface area contributed by atoms with Gasteiger partial charge in [0, 0.05) is 57.0 Å². The third kappa shape index (κ3) is 6.58. The van der Waals surface area contributed by atoms with Crippen LogP contribution in [0.25, 0.3) is 0 Å². The van der Waals surface area contributed by atoms with E-state index in [0.717, 1.165) is 5.56 Å². The van der Waals surface area contributed by atoms with Crippen LogP contribution in [-0.2, 0) is 16.0 Å². The van der Waals surface area contributed by atoms with E-state index < -0.39 is 0 Å². The molecule has 1 N–H and O–H groups in total.